The lowest BCUT2D eigenvalue weighted by Crippen LogP contribution is -2.33. The zero-order valence-corrected chi connectivity index (χ0v) is 33.3. The van der Waals surface area contributed by atoms with Crippen molar-refractivity contribution in [1.82, 2.24) is 0 Å². The number of hydrogen-bond donors (Lipinski definition) is 0. The largest absolute Gasteiger partial charge is 0.309 e. The van der Waals surface area contributed by atoms with E-state index in [-0.39, 0.29) is 10.8 Å². The third-order valence-electron chi connectivity index (χ3n) is 12.7. The van der Waals surface area contributed by atoms with E-state index < -0.39 is 0 Å². The summed E-state index contributed by atoms with van der Waals surface area (Å²) in [5.41, 5.74) is 14.0. The van der Waals surface area contributed by atoms with Gasteiger partial charge in [-0.25, -0.2) is 0 Å². The summed E-state index contributed by atoms with van der Waals surface area (Å²) < 4.78 is 0. The van der Waals surface area contributed by atoms with Crippen molar-refractivity contribution in [2.45, 2.75) is 51.4 Å². The molecule has 0 saturated carbocycles. The number of benzene rings is 9. The first-order valence-corrected chi connectivity index (χ1v) is 20.4. The van der Waals surface area contributed by atoms with Gasteiger partial charge in [0.05, 0.1) is 11.4 Å². The second kappa shape index (κ2) is 13.6. The molecule has 0 spiro atoms. The summed E-state index contributed by atoms with van der Waals surface area (Å²) in [7, 11) is 0. The average Bonchev–Trinajstić information content (AvgIpc) is 3.25. The molecule has 1 heteroatoms. The summed E-state index contributed by atoms with van der Waals surface area (Å²) in [4.78, 5) is 2.48. The van der Waals surface area contributed by atoms with Gasteiger partial charge in [0, 0.05) is 16.8 Å². The Morgan fingerprint density at radius 1 is 0.351 bits per heavy atom. The van der Waals surface area contributed by atoms with E-state index in [1.54, 1.807) is 0 Å². The highest BCUT2D eigenvalue weighted by Crippen LogP contribution is 2.49. The Hall–Kier alpha value is -6.44. The van der Waals surface area contributed by atoms with Gasteiger partial charge in [0.25, 0.3) is 0 Å². The van der Waals surface area contributed by atoms with Crippen LogP contribution < -0.4 is 4.90 Å². The van der Waals surface area contributed by atoms with Gasteiger partial charge in [-0.15, -0.1) is 0 Å². The lowest BCUT2D eigenvalue weighted by Gasteiger charge is -2.42. The van der Waals surface area contributed by atoms with E-state index in [0.717, 1.165) is 17.1 Å². The van der Waals surface area contributed by atoms with Gasteiger partial charge >= 0.3 is 0 Å². The molecule has 0 fully saturated rings. The minimum absolute atomic E-state index is 0.153. The number of fused-ring (bicyclic) bond motifs is 5. The first-order chi connectivity index (χ1) is 27.7. The summed E-state index contributed by atoms with van der Waals surface area (Å²) >= 11 is 0. The Balaban J connectivity index is 1.17. The fourth-order valence-electron chi connectivity index (χ4n) is 9.42. The van der Waals surface area contributed by atoms with Crippen molar-refractivity contribution >= 4 is 49.4 Å². The van der Waals surface area contributed by atoms with Gasteiger partial charge in [0.2, 0.25) is 0 Å². The monoisotopic (exact) mass is 733 g/mol. The summed E-state index contributed by atoms with van der Waals surface area (Å²) in [5, 5.41) is 7.52. The fraction of sp³-hybridized carbons (Fsp3) is 0.143. The summed E-state index contributed by atoms with van der Waals surface area (Å²) in [5.74, 6) is 0. The summed E-state index contributed by atoms with van der Waals surface area (Å²) in [6.45, 7) is 9.63. The van der Waals surface area contributed by atoms with Gasteiger partial charge in [-0.3, -0.25) is 0 Å². The molecule has 1 nitrogen and oxygen atoms in total. The van der Waals surface area contributed by atoms with Crippen LogP contribution in [0.1, 0.15) is 51.7 Å². The van der Waals surface area contributed by atoms with Crippen molar-refractivity contribution in [2.75, 3.05) is 4.90 Å². The van der Waals surface area contributed by atoms with Crippen LogP contribution in [0.25, 0.3) is 65.7 Å². The van der Waals surface area contributed by atoms with Crippen LogP contribution in [0, 0.1) is 0 Å². The van der Waals surface area contributed by atoms with E-state index in [0.29, 0.717) is 0 Å². The number of hydrogen-bond acceptors (Lipinski definition) is 1. The highest BCUT2D eigenvalue weighted by molar-refractivity contribution is 6.15. The van der Waals surface area contributed by atoms with Gasteiger partial charge in [-0.1, -0.05) is 179 Å². The molecule has 0 heterocycles. The maximum atomic E-state index is 2.48. The van der Waals surface area contributed by atoms with E-state index >= 15 is 0 Å². The standard InChI is InChI=1S/C56H47N/c1-55(2)33-34-56(3,4)52-37-41(29-32-51(52)55)39-27-30-44(31-28-39)57(53-23-13-11-19-46(53)43-26-25-38-15-5-6-16-40(38)35-43)54-24-14-12-22-49(54)50-36-42-17-7-8-18-45(42)47-20-9-10-21-48(47)50/h5-32,35-37H,33-34H2,1-4H3. The normalized spacial score (nSPS) is 14.5. The van der Waals surface area contributed by atoms with Crippen LogP contribution in [0.5, 0.6) is 0 Å². The second-order valence-corrected chi connectivity index (χ2v) is 17.2. The first-order valence-electron chi connectivity index (χ1n) is 20.4. The van der Waals surface area contributed by atoms with Gasteiger partial charge < -0.3 is 4.90 Å². The second-order valence-electron chi connectivity index (χ2n) is 17.2. The Kier molecular flexibility index (Phi) is 8.38. The molecule has 0 aromatic heterocycles. The van der Waals surface area contributed by atoms with Crippen LogP contribution in [-0.4, -0.2) is 0 Å². The van der Waals surface area contributed by atoms with Gasteiger partial charge in [-0.05, 0) is 126 Å². The molecule has 0 saturated heterocycles. The fourth-order valence-corrected chi connectivity index (χ4v) is 9.42. The molecule has 0 bridgehead atoms. The molecular formula is C56H47N. The molecule has 0 unspecified atom stereocenters. The third-order valence-corrected chi connectivity index (χ3v) is 12.7. The van der Waals surface area contributed by atoms with Crippen LogP contribution in [0.3, 0.4) is 0 Å². The van der Waals surface area contributed by atoms with Gasteiger partial charge in [0.1, 0.15) is 0 Å². The first kappa shape index (κ1) is 35.0. The lowest BCUT2D eigenvalue weighted by molar-refractivity contribution is 0.332. The van der Waals surface area contributed by atoms with Crippen LogP contribution in [0.4, 0.5) is 17.1 Å². The van der Waals surface area contributed by atoms with Gasteiger partial charge in [-0.2, -0.15) is 0 Å². The summed E-state index contributed by atoms with van der Waals surface area (Å²) in [6, 6.07) is 69.8. The van der Waals surface area contributed by atoms with Crippen molar-refractivity contribution in [3.8, 4) is 33.4 Å². The smallest absolute Gasteiger partial charge is 0.0540 e. The number of para-hydroxylation sites is 2. The molecule has 10 rings (SSSR count). The third kappa shape index (κ3) is 6.10. The maximum absolute atomic E-state index is 2.48. The Morgan fingerprint density at radius 2 is 0.895 bits per heavy atom. The van der Waals surface area contributed by atoms with E-state index in [2.05, 4.69) is 221 Å². The minimum Gasteiger partial charge on any atom is -0.309 e. The quantitative estimate of drug-likeness (QED) is 0.154. The zero-order valence-electron chi connectivity index (χ0n) is 33.3. The Labute approximate surface area is 336 Å². The van der Waals surface area contributed by atoms with E-state index in [9.17, 15) is 0 Å². The molecule has 57 heavy (non-hydrogen) atoms. The van der Waals surface area contributed by atoms with Crippen LogP contribution in [0.2, 0.25) is 0 Å². The maximum Gasteiger partial charge on any atom is 0.0540 e. The Morgan fingerprint density at radius 3 is 1.65 bits per heavy atom. The van der Waals surface area contributed by atoms with Crippen molar-refractivity contribution in [3.63, 3.8) is 0 Å². The minimum atomic E-state index is 0.153. The van der Waals surface area contributed by atoms with Gasteiger partial charge in [0.15, 0.2) is 0 Å². The molecule has 0 aliphatic heterocycles. The van der Waals surface area contributed by atoms with Crippen molar-refractivity contribution < 1.29 is 0 Å². The lowest BCUT2D eigenvalue weighted by atomic mass is 9.63. The number of rotatable bonds is 6. The summed E-state index contributed by atoms with van der Waals surface area (Å²) in [6.07, 6.45) is 2.42. The van der Waals surface area contributed by atoms with Crippen molar-refractivity contribution in [1.29, 1.82) is 0 Å². The Bertz CT molecular complexity index is 2960. The molecule has 0 atom stereocenters. The highest BCUT2D eigenvalue weighted by atomic mass is 15.1. The number of anilines is 3. The number of nitrogens with zero attached hydrogens (tertiary/aromatic N) is 1. The zero-order chi connectivity index (χ0) is 38.7. The SMILES string of the molecule is CC1(C)CCC(C)(C)c2cc(-c3ccc(N(c4ccccc4-c4ccc5ccccc5c4)c4ccccc4-c4cc5ccccc5c5ccccc45)cc3)ccc21. The molecule has 276 valence electrons. The highest BCUT2D eigenvalue weighted by Gasteiger charge is 2.37. The molecular weight excluding hydrogens is 687 g/mol. The van der Waals surface area contributed by atoms with Crippen molar-refractivity contribution in [2.24, 2.45) is 0 Å². The van der Waals surface area contributed by atoms with E-state index in [4.69, 9.17) is 0 Å². The molecule has 0 N–H and O–H groups in total. The molecule has 0 radical (unpaired) electrons. The predicted octanol–water partition coefficient (Wildman–Crippen LogP) is 16.0. The molecule has 1 aliphatic carbocycles. The van der Waals surface area contributed by atoms with E-state index in [1.807, 2.05) is 0 Å². The van der Waals surface area contributed by atoms with Crippen LogP contribution in [0.15, 0.2) is 188 Å². The topological polar surface area (TPSA) is 3.24 Å². The molecule has 9 aromatic carbocycles. The van der Waals surface area contributed by atoms with Crippen LogP contribution in [-0.2, 0) is 10.8 Å². The van der Waals surface area contributed by atoms with Crippen molar-refractivity contribution in [3.05, 3.63) is 199 Å². The van der Waals surface area contributed by atoms with E-state index in [1.165, 1.54) is 89.7 Å². The molecule has 0 amide bonds. The molecule has 1 aliphatic rings. The van der Waals surface area contributed by atoms with Crippen LogP contribution >= 0.6 is 0 Å². The average molecular weight is 734 g/mol. The predicted molar refractivity (Wildman–Crippen MR) is 245 cm³/mol. The molecule has 9 aromatic rings.